The van der Waals surface area contributed by atoms with Crippen molar-refractivity contribution in [3.05, 3.63) is 99.7 Å². The number of ether oxygens (including phenoxy) is 2. The lowest BCUT2D eigenvalue weighted by Crippen LogP contribution is -2.46. The molecule has 2 heterocycles. The van der Waals surface area contributed by atoms with Crippen molar-refractivity contribution < 1.29 is 14.3 Å². The van der Waals surface area contributed by atoms with Crippen LogP contribution in [0.5, 0.6) is 11.5 Å². The summed E-state index contributed by atoms with van der Waals surface area (Å²) in [5.74, 6) is 2.83. The van der Waals surface area contributed by atoms with Gasteiger partial charge in [0.05, 0.1) is 14.2 Å². The second-order valence-electron chi connectivity index (χ2n) is 10.4. The number of methoxy groups -OCH3 is 2. The molecule has 0 spiro atoms. The molecule has 0 radical (unpaired) electrons. The highest BCUT2D eigenvalue weighted by Crippen LogP contribution is 2.29. The van der Waals surface area contributed by atoms with E-state index < -0.39 is 0 Å². The van der Waals surface area contributed by atoms with Crippen molar-refractivity contribution in [2.24, 2.45) is 0 Å². The Morgan fingerprint density at radius 3 is 2.27 bits per heavy atom. The van der Waals surface area contributed by atoms with Crippen LogP contribution in [0.25, 0.3) is 0 Å². The molecule has 11 heteroatoms. The minimum atomic E-state index is -0.0250. The summed E-state index contributed by atoms with van der Waals surface area (Å²) in [6, 6.07) is 23.3. The molecule has 3 aromatic carbocycles. The second kappa shape index (κ2) is 14.9. The van der Waals surface area contributed by atoms with Gasteiger partial charge in [-0.2, -0.15) is 0 Å². The van der Waals surface area contributed by atoms with E-state index in [9.17, 15) is 4.79 Å². The van der Waals surface area contributed by atoms with E-state index in [2.05, 4.69) is 20.9 Å². The van der Waals surface area contributed by atoms with Crippen LogP contribution in [-0.4, -0.2) is 74.8 Å². The van der Waals surface area contributed by atoms with Gasteiger partial charge in [0.25, 0.3) is 5.91 Å². The predicted octanol–water partition coefficient (Wildman–Crippen LogP) is 6.73. The normalized spacial score (nSPS) is 13.1. The van der Waals surface area contributed by atoms with Crippen molar-refractivity contribution in [2.45, 2.75) is 17.3 Å². The Hall–Kier alpha value is -3.66. The molecule has 1 amide bonds. The lowest BCUT2D eigenvalue weighted by atomic mass is 10.1. The van der Waals surface area contributed by atoms with Crippen LogP contribution >= 0.6 is 35.0 Å². The van der Waals surface area contributed by atoms with E-state index in [1.807, 2.05) is 73.8 Å². The number of aromatic nitrogens is 2. The first-order valence-electron chi connectivity index (χ1n) is 14.3. The van der Waals surface area contributed by atoms with Gasteiger partial charge >= 0.3 is 0 Å². The molecule has 1 aliphatic rings. The molecule has 44 heavy (non-hydrogen) atoms. The van der Waals surface area contributed by atoms with Gasteiger partial charge in [-0.25, -0.2) is 9.97 Å². The summed E-state index contributed by atoms with van der Waals surface area (Å²) in [6.45, 7) is 3.95. The van der Waals surface area contributed by atoms with Crippen LogP contribution in [0.2, 0.25) is 10.2 Å². The van der Waals surface area contributed by atoms with Gasteiger partial charge in [-0.3, -0.25) is 4.79 Å². The lowest BCUT2D eigenvalue weighted by molar-refractivity contribution is 0.0796. The topological polar surface area (TPSA) is 71.0 Å². The van der Waals surface area contributed by atoms with Crippen LogP contribution in [0.1, 0.15) is 21.5 Å². The number of benzene rings is 3. The van der Waals surface area contributed by atoms with Crippen LogP contribution in [0, 0.1) is 0 Å². The first-order chi connectivity index (χ1) is 21.3. The van der Waals surface area contributed by atoms with Gasteiger partial charge in [0.1, 0.15) is 11.0 Å². The zero-order valence-corrected chi connectivity index (χ0v) is 27.3. The highest BCUT2D eigenvalue weighted by Gasteiger charge is 2.20. The summed E-state index contributed by atoms with van der Waals surface area (Å²) < 4.78 is 10.7. The smallest absolute Gasteiger partial charge is 0.253 e. The summed E-state index contributed by atoms with van der Waals surface area (Å²) in [5, 5.41) is 1.79. The summed E-state index contributed by atoms with van der Waals surface area (Å²) >= 11 is 14.1. The fraction of sp³-hybridized carbons (Fsp3) is 0.303. The number of hydrogen-bond acceptors (Lipinski definition) is 8. The zero-order valence-electron chi connectivity index (χ0n) is 25.0. The molecule has 0 unspecified atom stereocenters. The maximum atomic E-state index is 13.0. The molecular weight excluding hydrogens is 617 g/mol. The number of carbonyl (C=O) groups is 1. The molecule has 1 fully saturated rings. The van der Waals surface area contributed by atoms with E-state index in [1.165, 1.54) is 11.8 Å². The van der Waals surface area contributed by atoms with E-state index in [1.54, 1.807) is 19.1 Å². The van der Waals surface area contributed by atoms with E-state index >= 15 is 0 Å². The van der Waals surface area contributed by atoms with Crippen LogP contribution in [0.3, 0.4) is 0 Å². The van der Waals surface area contributed by atoms with Crippen molar-refractivity contribution >= 4 is 52.4 Å². The molecule has 1 aromatic heterocycles. The van der Waals surface area contributed by atoms with Crippen LogP contribution in [0.4, 0.5) is 11.5 Å². The lowest BCUT2D eigenvalue weighted by Gasteiger charge is -2.36. The van der Waals surface area contributed by atoms with E-state index in [0.717, 1.165) is 53.8 Å². The Morgan fingerprint density at radius 2 is 1.57 bits per heavy atom. The number of nitrogens with zero attached hydrogens (tertiary/aromatic N) is 5. The summed E-state index contributed by atoms with van der Waals surface area (Å²) in [7, 11) is 5.05. The number of piperazine rings is 1. The first kappa shape index (κ1) is 31.8. The first-order valence-corrected chi connectivity index (χ1v) is 16.0. The molecule has 0 atom stereocenters. The van der Waals surface area contributed by atoms with Gasteiger partial charge in [0.2, 0.25) is 0 Å². The molecule has 0 saturated carbocycles. The molecule has 4 aromatic rings. The predicted molar refractivity (Wildman–Crippen MR) is 179 cm³/mol. The summed E-state index contributed by atoms with van der Waals surface area (Å²) in [6.07, 6.45) is 0.705. The SMILES string of the molecule is COc1ccc(CCN(C)C(=O)c2ccc(CSc3nc(Cl)cc(N4CCN(c5cccc(Cl)c5)CC4)n3)cc2)cc1OC. The second-order valence-corrected chi connectivity index (χ2v) is 12.2. The minimum Gasteiger partial charge on any atom is -0.493 e. The molecule has 0 bridgehead atoms. The maximum Gasteiger partial charge on any atom is 0.253 e. The molecule has 1 aliphatic heterocycles. The Morgan fingerprint density at radius 1 is 0.864 bits per heavy atom. The third kappa shape index (κ3) is 8.08. The van der Waals surface area contributed by atoms with E-state index in [4.69, 9.17) is 37.7 Å². The average molecular weight is 653 g/mol. The van der Waals surface area contributed by atoms with Crippen molar-refractivity contribution in [2.75, 3.05) is 63.8 Å². The van der Waals surface area contributed by atoms with Gasteiger partial charge in [-0.1, -0.05) is 59.2 Å². The Balaban J connectivity index is 1.13. The molecule has 230 valence electrons. The standard InChI is InChI=1S/C33H35Cl2N5O3S/c1-38(14-13-23-9-12-28(42-2)29(19-23)43-3)32(41)25-10-7-24(8-11-25)22-44-33-36-30(35)21-31(37-33)40-17-15-39(16-18-40)27-6-4-5-26(34)20-27/h4-12,19-21H,13-18,22H2,1-3H3. The number of amides is 1. The molecule has 8 nitrogen and oxygen atoms in total. The molecule has 0 aliphatic carbocycles. The van der Waals surface area contributed by atoms with Gasteiger partial charge in [-0.15, -0.1) is 0 Å². The number of hydrogen-bond donors (Lipinski definition) is 0. The average Bonchev–Trinajstić information content (AvgIpc) is 3.05. The number of thioether (sulfide) groups is 1. The van der Waals surface area contributed by atoms with Gasteiger partial charge in [-0.05, 0) is 60.0 Å². The largest absolute Gasteiger partial charge is 0.493 e. The quantitative estimate of drug-likeness (QED) is 0.100. The van der Waals surface area contributed by atoms with Crippen LogP contribution in [-0.2, 0) is 12.2 Å². The number of anilines is 2. The maximum absolute atomic E-state index is 13.0. The van der Waals surface area contributed by atoms with Crippen molar-refractivity contribution in [1.29, 1.82) is 0 Å². The van der Waals surface area contributed by atoms with Gasteiger partial charge in [0.15, 0.2) is 16.7 Å². The highest BCUT2D eigenvalue weighted by atomic mass is 35.5. The van der Waals surface area contributed by atoms with Crippen LogP contribution in [0.15, 0.2) is 78.0 Å². The van der Waals surface area contributed by atoms with Crippen molar-refractivity contribution in [1.82, 2.24) is 14.9 Å². The summed E-state index contributed by atoms with van der Waals surface area (Å²) in [5.41, 5.74) is 3.91. The minimum absolute atomic E-state index is 0.0250. The molecule has 1 saturated heterocycles. The number of rotatable bonds is 11. The third-order valence-corrected chi connectivity index (χ3v) is 8.88. The molecule has 5 rings (SSSR count). The number of carbonyl (C=O) groups excluding carboxylic acids is 1. The Bertz CT molecular complexity index is 1580. The summed E-state index contributed by atoms with van der Waals surface area (Å²) in [4.78, 5) is 28.6. The van der Waals surface area contributed by atoms with E-state index in [-0.39, 0.29) is 5.91 Å². The third-order valence-electron chi connectivity index (χ3n) is 7.54. The highest BCUT2D eigenvalue weighted by molar-refractivity contribution is 7.98. The Labute approximate surface area is 272 Å². The van der Waals surface area contributed by atoms with Gasteiger partial charge < -0.3 is 24.2 Å². The Kier molecular flexibility index (Phi) is 10.7. The molecule has 0 N–H and O–H groups in total. The molecular formula is C33H35Cl2N5O3S. The zero-order chi connectivity index (χ0) is 31.1. The monoisotopic (exact) mass is 651 g/mol. The number of likely N-dealkylation sites (N-methyl/N-ethyl adjacent to an activating group) is 1. The fourth-order valence-corrected chi connectivity index (χ4v) is 6.25. The van der Waals surface area contributed by atoms with Crippen LogP contribution < -0.4 is 19.3 Å². The number of halogens is 2. The van der Waals surface area contributed by atoms with Crippen molar-refractivity contribution in [3.63, 3.8) is 0 Å². The van der Waals surface area contributed by atoms with Crippen molar-refractivity contribution in [3.8, 4) is 11.5 Å². The fourth-order valence-electron chi connectivity index (χ4n) is 5.02. The van der Waals surface area contributed by atoms with Gasteiger partial charge in [0, 0.05) is 67.9 Å². The van der Waals surface area contributed by atoms with E-state index in [0.29, 0.717) is 46.1 Å².